The molecule has 4 rings (SSSR count). The molecule has 1 N–H and O–H groups in total. The van der Waals surface area contributed by atoms with Crippen molar-refractivity contribution in [2.45, 2.75) is 43.8 Å². The van der Waals surface area contributed by atoms with Gasteiger partial charge in [0.05, 0.1) is 12.8 Å². The van der Waals surface area contributed by atoms with Gasteiger partial charge in [-0.3, -0.25) is 4.79 Å². The second-order valence-electron chi connectivity index (χ2n) is 8.79. The van der Waals surface area contributed by atoms with Gasteiger partial charge in [-0.2, -0.15) is 8.42 Å². The van der Waals surface area contributed by atoms with Crippen LogP contribution in [0.2, 0.25) is 5.02 Å². The highest BCUT2D eigenvalue weighted by molar-refractivity contribution is 7.90. The fraction of sp³-hybridized carbons (Fsp3) is 0.250. The summed E-state index contributed by atoms with van der Waals surface area (Å²) < 4.78 is 35.3. The normalized spacial score (nSPS) is 15.5. The van der Waals surface area contributed by atoms with Crippen molar-refractivity contribution in [2.24, 2.45) is 4.40 Å². The van der Waals surface area contributed by atoms with Crippen molar-refractivity contribution in [1.29, 1.82) is 0 Å². The number of hydrogen-bond donors (Lipinski definition) is 1. The van der Waals surface area contributed by atoms with Gasteiger partial charge in [0.2, 0.25) is 5.91 Å². The van der Waals surface area contributed by atoms with Crippen LogP contribution in [0.5, 0.6) is 0 Å². The van der Waals surface area contributed by atoms with Crippen LogP contribution < -0.4 is 5.32 Å². The van der Waals surface area contributed by atoms with Gasteiger partial charge in [0.25, 0.3) is 10.0 Å². The first-order valence-electron chi connectivity index (χ1n) is 10.4. The second kappa shape index (κ2) is 8.68. The largest absolute Gasteiger partial charge is 0.467 e. The molecule has 2 heterocycles. The minimum atomic E-state index is -3.90. The molecule has 33 heavy (non-hydrogen) atoms. The Morgan fingerprint density at radius 1 is 1.09 bits per heavy atom. The van der Waals surface area contributed by atoms with Crippen LogP contribution in [0.25, 0.3) is 0 Å². The Morgan fingerprint density at radius 2 is 1.79 bits per heavy atom. The number of hydrogen-bond acceptors (Lipinski definition) is 5. The zero-order valence-corrected chi connectivity index (χ0v) is 20.0. The minimum Gasteiger partial charge on any atom is -0.467 e. The SMILES string of the molecule is CC(C)(C)NC(=O)C(c1ccc(Cl)cc1)N(Cc1ccco1)C1=NS(=O)(=O)c2ccccc21. The molecular formula is C24H24ClN3O4S. The summed E-state index contributed by atoms with van der Waals surface area (Å²) in [7, 11) is -3.90. The van der Waals surface area contributed by atoms with Crippen molar-refractivity contribution < 1.29 is 17.6 Å². The molecule has 1 aliphatic rings. The number of halogens is 1. The summed E-state index contributed by atoms with van der Waals surface area (Å²) in [5, 5.41) is 3.54. The van der Waals surface area contributed by atoms with Crippen molar-refractivity contribution in [1.82, 2.24) is 10.2 Å². The minimum absolute atomic E-state index is 0.107. The smallest absolute Gasteiger partial charge is 0.285 e. The zero-order valence-electron chi connectivity index (χ0n) is 18.4. The molecule has 0 radical (unpaired) electrons. The van der Waals surface area contributed by atoms with Gasteiger partial charge in [-0.25, -0.2) is 0 Å². The van der Waals surface area contributed by atoms with E-state index >= 15 is 0 Å². The molecule has 0 aliphatic carbocycles. The Bertz CT molecular complexity index is 1290. The van der Waals surface area contributed by atoms with E-state index in [4.69, 9.17) is 16.0 Å². The Morgan fingerprint density at radius 3 is 2.42 bits per heavy atom. The maximum absolute atomic E-state index is 13.6. The monoisotopic (exact) mass is 485 g/mol. The van der Waals surface area contributed by atoms with Crippen molar-refractivity contribution >= 4 is 33.4 Å². The summed E-state index contributed by atoms with van der Waals surface area (Å²) >= 11 is 6.10. The molecular weight excluding hydrogens is 462 g/mol. The predicted molar refractivity (Wildman–Crippen MR) is 127 cm³/mol. The van der Waals surface area contributed by atoms with Crippen LogP contribution >= 0.6 is 11.6 Å². The predicted octanol–water partition coefficient (Wildman–Crippen LogP) is 4.54. The molecule has 0 saturated carbocycles. The number of amides is 1. The van der Waals surface area contributed by atoms with Crippen molar-refractivity contribution in [3.05, 3.63) is 88.8 Å². The van der Waals surface area contributed by atoms with E-state index in [1.165, 1.54) is 12.3 Å². The maximum atomic E-state index is 13.6. The Kier molecular flexibility index (Phi) is 6.07. The lowest BCUT2D eigenvalue weighted by atomic mass is 10.00. The quantitative estimate of drug-likeness (QED) is 0.572. The first-order valence-corrected chi connectivity index (χ1v) is 12.2. The van der Waals surface area contributed by atoms with E-state index in [1.54, 1.807) is 59.5 Å². The number of carbonyl (C=O) groups is 1. The van der Waals surface area contributed by atoms with Gasteiger partial charge in [-0.1, -0.05) is 35.9 Å². The standard InChI is InChI=1S/C24H24ClN3O4S/c1-24(2,3)26-23(29)21(16-10-12-17(25)13-11-16)28(15-18-7-6-14-32-18)22-19-8-4-5-9-20(19)33(30,31)27-22/h4-14,21H,15H2,1-3H3,(H,26,29). The molecule has 7 nitrogen and oxygen atoms in total. The molecule has 0 bridgehead atoms. The van der Waals surface area contributed by atoms with Gasteiger partial charge >= 0.3 is 0 Å². The fourth-order valence-corrected chi connectivity index (χ4v) is 5.05. The number of fused-ring (bicyclic) bond motifs is 1. The summed E-state index contributed by atoms with van der Waals surface area (Å²) in [6.45, 7) is 5.77. The second-order valence-corrected chi connectivity index (χ2v) is 10.8. The number of amidine groups is 1. The van der Waals surface area contributed by atoms with E-state index in [2.05, 4.69) is 9.71 Å². The van der Waals surface area contributed by atoms with Crippen LogP contribution in [0.15, 0.2) is 80.6 Å². The number of sulfonamides is 1. The molecule has 0 fully saturated rings. The zero-order chi connectivity index (χ0) is 23.8. The third-order valence-corrected chi connectivity index (χ3v) is 6.61. The number of nitrogens with zero attached hydrogens (tertiary/aromatic N) is 2. The third kappa shape index (κ3) is 4.96. The van der Waals surface area contributed by atoms with Crippen molar-refractivity contribution in [3.63, 3.8) is 0 Å². The van der Waals surface area contributed by atoms with Crippen LogP contribution in [-0.2, 0) is 21.4 Å². The van der Waals surface area contributed by atoms with Crippen LogP contribution in [0.3, 0.4) is 0 Å². The van der Waals surface area contributed by atoms with E-state index in [1.807, 2.05) is 20.8 Å². The van der Waals surface area contributed by atoms with Crippen LogP contribution in [-0.4, -0.2) is 30.6 Å². The van der Waals surface area contributed by atoms with Gasteiger partial charge in [0.1, 0.15) is 16.7 Å². The first-order chi connectivity index (χ1) is 15.5. The van der Waals surface area contributed by atoms with E-state index in [0.29, 0.717) is 21.9 Å². The van der Waals surface area contributed by atoms with E-state index < -0.39 is 21.6 Å². The summed E-state index contributed by atoms with van der Waals surface area (Å²) in [6, 6.07) is 16.1. The Hall–Kier alpha value is -3.10. The number of benzene rings is 2. The van der Waals surface area contributed by atoms with Gasteiger partial charge in [0.15, 0.2) is 5.84 Å². The topological polar surface area (TPSA) is 92.0 Å². The molecule has 1 aliphatic heterocycles. The van der Waals surface area contributed by atoms with E-state index in [-0.39, 0.29) is 23.2 Å². The highest BCUT2D eigenvalue weighted by Crippen LogP contribution is 2.34. The third-order valence-electron chi connectivity index (χ3n) is 5.03. The summed E-state index contributed by atoms with van der Waals surface area (Å²) in [5.41, 5.74) is 0.559. The molecule has 1 amide bonds. The van der Waals surface area contributed by atoms with Crippen molar-refractivity contribution in [2.75, 3.05) is 0 Å². The Labute approximate surface area is 198 Å². The number of nitrogens with one attached hydrogen (secondary N) is 1. The van der Waals surface area contributed by atoms with Crippen LogP contribution in [0.4, 0.5) is 0 Å². The molecule has 1 unspecified atom stereocenters. The first kappa shape index (κ1) is 23.1. The van der Waals surface area contributed by atoms with Gasteiger partial charge in [-0.15, -0.1) is 4.40 Å². The van der Waals surface area contributed by atoms with Gasteiger partial charge in [-0.05, 0) is 62.7 Å². The molecule has 0 saturated heterocycles. The average molecular weight is 486 g/mol. The van der Waals surface area contributed by atoms with E-state index in [9.17, 15) is 13.2 Å². The van der Waals surface area contributed by atoms with Gasteiger partial charge in [0, 0.05) is 16.1 Å². The highest BCUT2D eigenvalue weighted by Gasteiger charge is 2.38. The Balaban J connectivity index is 1.89. The van der Waals surface area contributed by atoms with E-state index in [0.717, 1.165) is 0 Å². The number of rotatable bonds is 5. The van der Waals surface area contributed by atoms with Crippen LogP contribution in [0, 0.1) is 0 Å². The maximum Gasteiger partial charge on any atom is 0.285 e. The lowest BCUT2D eigenvalue weighted by molar-refractivity contribution is -0.127. The lowest BCUT2D eigenvalue weighted by Crippen LogP contribution is -2.49. The summed E-state index contributed by atoms with van der Waals surface area (Å²) in [6.07, 6.45) is 1.53. The molecule has 3 aromatic rings. The molecule has 2 aromatic carbocycles. The molecule has 1 aromatic heterocycles. The summed E-state index contributed by atoms with van der Waals surface area (Å²) in [4.78, 5) is 15.4. The van der Waals surface area contributed by atoms with Crippen molar-refractivity contribution in [3.8, 4) is 0 Å². The average Bonchev–Trinajstić information content (AvgIpc) is 3.34. The highest BCUT2D eigenvalue weighted by atomic mass is 35.5. The molecule has 0 spiro atoms. The number of furan rings is 1. The lowest BCUT2D eigenvalue weighted by Gasteiger charge is -2.34. The molecule has 172 valence electrons. The molecule has 9 heteroatoms. The number of carbonyl (C=O) groups excluding carboxylic acids is 1. The molecule has 1 atom stereocenters. The fourth-order valence-electron chi connectivity index (χ4n) is 3.71. The summed E-state index contributed by atoms with van der Waals surface area (Å²) in [5.74, 6) is 0.439. The van der Waals surface area contributed by atoms with Crippen LogP contribution in [0.1, 0.15) is 43.7 Å². The van der Waals surface area contributed by atoms with Gasteiger partial charge < -0.3 is 14.6 Å².